The topological polar surface area (TPSA) is 98.8 Å². The van der Waals surface area contributed by atoms with Crippen LogP contribution in [0.25, 0.3) is 0 Å². The van der Waals surface area contributed by atoms with Crippen molar-refractivity contribution >= 4 is 12.1 Å². The molecule has 8 heteroatoms. The standard InChI is InChI=1S/C12H18N4O4/c1-2-20-11(17)10-7-9(13-14-10)8-15-3-5-16(6-4-15)12(18)19/h7H,2-6,8H2,1H3,(H,13,14)(H,18,19). The molecule has 110 valence electrons. The number of nitrogens with one attached hydrogen (secondary N) is 1. The number of piperazine rings is 1. The molecule has 20 heavy (non-hydrogen) atoms. The minimum atomic E-state index is -0.879. The van der Waals surface area contributed by atoms with Gasteiger partial charge in [-0.05, 0) is 13.0 Å². The SMILES string of the molecule is CCOC(=O)c1cc(CN2CCN(C(=O)O)CC2)[nH]n1. The van der Waals surface area contributed by atoms with E-state index >= 15 is 0 Å². The van der Waals surface area contributed by atoms with Crippen LogP contribution in [0, 0.1) is 0 Å². The van der Waals surface area contributed by atoms with Gasteiger partial charge in [-0.3, -0.25) is 10.00 Å². The zero-order valence-corrected chi connectivity index (χ0v) is 11.3. The van der Waals surface area contributed by atoms with E-state index in [1.807, 2.05) is 0 Å². The Kier molecular flexibility index (Phi) is 4.57. The van der Waals surface area contributed by atoms with E-state index in [2.05, 4.69) is 15.1 Å². The lowest BCUT2D eigenvalue weighted by Gasteiger charge is -2.32. The van der Waals surface area contributed by atoms with E-state index in [0.29, 0.717) is 39.3 Å². The van der Waals surface area contributed by atoms with E-state index in [-0.39, 0.29) is 5.69 Å². The Hall–Kier alpha value is -2.09. The molecule has 1 aliphatic heterocycles. The Morgan fingerprint density at radius 3 is 2.70 bits per heavy atom. The van der Waals surface area contributed by atoms with Crippen LogP contribution in [0.5, 0.6) is 0 Å². The normalized spacial score (nSPS) is 16.1. The fourth-order valence-corrected chi connectivity index (χ4v) is 2.09. The van der Waals surface area contributed by atoms with Crippen molar-refractivity contribution in [3.8, 4) is 0 Å². The van der Waals surface area contributed by atoms with Gasteiger partial charge < -0.3 is 14.7 Å². The van der Waals surface area contributed by atoms with Crippen LogP contribution in [-0.4, -0.2) is 70.0 Å². The van der Waals surface area contributed by atoms with Crippen LogP contribution in [0.3, 0.4) is 0 Å². The number of amides is 1. The highest BCUT2D eigenvalue weighted by Gasteiger charge is 2.21. The molecule has 0 spiro atoms. The number of ether oxygens (including phenoxy) is 1. The lowest BCUT2D eigenvalue weighted by molar-refractivity contribution is 0.0519. The molecule has 1 saturated heterocycles. The van der Waals surface area contributed by atoms with Crippen molar-refractivity contribution in [1.29, 1.82) is 0 Å². The molecular weight excluding hydrogens is 264 g/mol. The van der Waals surface area contributed by atoms with Gasteiger partial charge in [0.15, 0.2) is 5.69 Å². The number of carboxylic acid groups (broad SMARTS) is 1. The second-order valence-electron chi connectivity index (χ2n) is 4.54. The zero-order chi connectivity index (χ0) is 14.5. The molecule has 1 amide bonds. The van der Waals surface area contributed by atoms with Crippen molar-refractivity contribution in [1.82, 2.24) is 20.0 Å². The van der Waals surface area contributed by atoms with Gasteiger partial charge in [-0.15, -0.1) is 0 Å². The maximum absolute atomic E-state index is 11.5. The molecule has 0 aromatic carbocycles. The molecule has 2 rings (SSSR count). The molecule has 1 aliphatic rings. The molecule has 0 radical (unpaired) electrons. The average molecular weight is 282 g/mol. The molecule has 1 aromatic heterocycles. The zero-order valence-electron chi connectivity index (χ0n) is 11.3. The molecule has 2 N–H and O–H groups in total. The van der Waals surface area contributed by atoms with Crippen LogP contribution in [0.2, 0.25) is 0 Å². The van der Waals surface area contributed by atoms with Crippen LogP contribution < -0.4 is 0 Å². The summed E-state index contributed by atoms with van der Waals surface area (Å²) >= 11 is 0. The lowest BCUT2D eigenvalue weighted by Crippen LogP contribution is -2.47. The molecular formula is C12H18N4O4. The monoisotopic (exact) mass is 282 g/mol. The maximum Gasteiger partial charge on any atom is 0.407 e. The van der Waals surface area contributed by atoms with Gasteiger partial charge in [-0.2, -0.15) is 5.10 Å². The highest BCUT2D eigenvalue weighted by atomic mass is 16.5. The summed E-state index contributed by atoms with van der Waals surface area (Å²) in [5.41, 5.74) is 1.09. The number of hydrogen-bond donors (Lipinski definition) is 2. The number of aromatic nitrogens is 2. The summed E-state index contributed by atoms with van der Waals surface area (Å²) in [6.45, 7) is 4.99. The van der Waals surface area contributed by atoms with E-state index in [0.717, 1.165) is 5.69 Å². The fourth-order valence-electron chi connectivity index (χ4n) is 2.09. The van der Waals surface area contributed by atoms with Gasteiger partial charge in [-0.25, -0.2) is 9.59 Å². The molecule has 1 fully saturated rings. The van der Waals surface area contributed by atoms with Crippen molar-refractivity contribution in [2.75, 3.05) is 32.8 Å². The van der Waals surface area contributed by atoms with Crippen molar-refractivity contribution in [2.24, 2.45) is 0 Å². The van der Waals surface area contributed by atoms with E-state index in [1.165, 1.54) is 4.90 Å². The Balaban J connectivity index is 1.86. The number of carbonyl (C=O) groups excluding carboxylic acids is 1. The number of hydrogen-bond acceptors (Lipinski definition) is 5. The molecule has 0 bridgehead atoms. The quantitative estimate of drug-likeness (QED) is 0.775. The third-order valence-corrected chi connectivity index (χ3v) is 3.15. The molecule has 1 aromatic rings. The van der Waals surface area contributed by atoms with E-state index < -0.39 is 12.1 Å². The number of H-pyrrole nitrogens is 1. The summed E-state index contributed by atoms with van der Waals surface area (Å²) in [5, 5.41) is 15.6. The van der Waals surface area contributed by atoms with Crippen molar-refractivity contribution in [3.63, 3.8) is 0 Å². The number of aromatic amines is 1. The first kappa shape index (κ1) is 14.3. The Bertz CT molecular complexity index is 480. The minimum Gasteiger partial charge on any atom is -0.465 e. The number of rotatable bonds is 4. The van der Waals surface area contributed by atoms with Gasteiger partial charge in [-0.1, -0.05) is 0 Å². The summed E-state index contributed by atoms with van der Waals surface area (Å²) in [6, 6.07) is 1.67. The fraction of sp³-hybridized carbons (Fsp3) is 0.583. The summed E-state index contributed by atoms with van der Waals surface area (Å²) in [6.07, 6.45) is -0.879. The predicted molar refractivity (Wildman–Crippen MR) is 69.4 cm³/mol. The second-order valence-corrected chi connectivity index (χ2v) is 4.54. The first-order valence-electron chi connectivity index (χ1n) is 6.51. The van der Waals surface area contributed by atoms with Gasteiger partial charge in [0.05, 0.1) is 12.3 Å². The minimum absolute atomic E-state index is 0.269. The van der Waals surface area contributed by atoms with Gasteiger partial charge >= 0.3 is 12.1 Å². The number of nitrogens with zero attached hydrogens (tertiary/aromatic N) is 3. The highest BCUT2D eigenvalue weighted by Crippen LogP contribution is 2.08. The van der Waals surface area contributed by atoms with Crippen molar-refractivity contribution in [3.05, 3.63) is 17.5 Å². The summed E-state index contributed by atoms with van der Waals surface area (Å²) < 4.78 is 4.86. The Morgan fingerprint density at radius 2 is 2.10 bits per heavy atom. The first-order chi connectivity index (χ1) is 9.60. The molecule has 8 nitrogen and oxygen atoms in total. The molecule has 0 saturated carbocycles. The summed E-state index contributed by atoms with van der Waals surface area (Å²) in [7, 11) is 0. The molecule has 0 atom stereocenters. The van der Waals surface area contributed by atoms with Crippen LogP contribution in [0.4, 0.5) is 4.79 Å². The van der Waals surface area contributed by atoms with Gasteiger partial charge in [0.2, 0.25) is 0 Å². The van der Waals surface area contributed by atoms with Crippen molar-refractivity contribution < 1.29 is 19.4 Å². The third-order valence-electron chi connectivity index (χ3n) is 3.15. The Labute approximate surface area is 116 Å². The largest absolute Gasteiger partial charge is 0.465 e. The molecule has 0 aliphatic carbocycles. The number of esters is 1. The van der Waals surface area contributed by atoms with E-state index in [4.69, 9.17) is 9.84 Å². The van der Waals surface area contributed by atoms with Crippen LogP contribution in [0.15, 0.2) is 6.07 Å². The van der Waals surface area contributed by atoms with Gasteiger partial charge in [0.1, 0.15) is 0 Å². The molecule has 0 unspecified atom stereocenters. The second kappa shape index (κ2) is 6.38. The lowest BCUT2D eigenvalue weighted by atomic mass is 10.3. The summed E-state index contributed by atoms with van der Waals surface area (Å²) in [4.78, 5) is 25.8. The third kappa shape index (κ3) is 3.47. The van der Waals surface area contributed by atoms with Crippen LogP contribution in [0.1, 0.15) is 23.1 Å². The smallest absolute Gasteiger partial charge is 0.407 e. The molecule has 2 heterocycles. The maximum atomic E-state index is 11.5. The first-order valence-corrected chi connectivity index (χ1v) is 6.51. The average Bonchev–Trinajstić information content (AvgIpc) is 2.88. The van der Waals surface area contributed by atoms with Crippen LogP contribution >= 0.6 is 0 Å². The van der Waals surface area contributed by atoms with Crippen LogP contribution in [-0.2, 0) is 11.3 Å². The van der Waals surface area contributed by atoms with E-state index in [9.17, 15) is 9.59 Å². The van der Waals surface area contributed by atoms with Crippen molar-refractivity contribution in [2.45, 2.75) is 13.5 Å². The number of carbonyl (C=O) groups is 2. The predicted octanol–water partition coefficient (Wildman–Crippen LogP) is 0.382. The van der Waals surface area contributed by atoms with Gasteiger partial charge in [0.25, 0.3) is 0 Å². The van der Waals surface area contributed by atoms with E-state index in [1.54, 1.807) is 13.0 Å². The summed E-state index contributed by atoms with van der Waals surface area (Å²) in [5.74, 6) is -0.439. The Morgan fingerprint density at radius 1 is 1.40 bits per heavy atom. The van der Waals surface area contributed by atoms with Gasteiger partial charge in [0, 0.05) is 32.7 Å². The highest BCUT2D eigenvalue weighted by molar-refractivity contribution is 5.87.